The highest BCUT2D eigenvalue weighted by Crippen LogP contribution is 2.72. The fourth-order valence-electron chi connectivity index (χ4n) is 7.54. The third-order valence-electron chi connectivity index (χ3n) is 9.27. The number of imide groups is 1. The number of carbonyl (C=O) groups is 4. The minimum atomic E-state index is -0.796. The maximum atomic E-state index is 13.5. The normalized spacial score (nSPS) is 47.5. The second-order valence-electron chi connectivity index (χ2n) is 10.1. The van der Waals surface area contributed by atoms with E-state index in [9.17, 15) is 19.2 Å². The first-order chi connectivity index (χ1) is 12.5. The molecule has 5 atom stereocenters. The summed E-state index contributed by atoms with van der Waals surface area (Å²) in [7, 11) is 3.40. The summed E-state index contributed by atoms with van der Waals surface area (Å²) in [6.45, 7) is 6.67. The Hall–Kier alpha value is -1.92. The summed E-state index contributed by atoms with van der Waals surface area (Å²) in [4.78, 5) is 56.8. The number of piperidine rings is 2. The summed E-state index contributed by atoms with van der Waals surface area (Å²) in [6, 6.07) is 0. The van der Waals surface area contributed by atoms with Gasteiger partial charge in [-0.2, -0.15) is 0 Å². The average Bonchev–Trinajstić information content (AvgIpc) is 3.07. The van der Waals surface area contributed by atoms with Gasteiger partial charge in [0, 0.05) is 33.5 Å². The van der Waals surface area contributed by atoms with Crippen molar-refractivity contribution in [1.29, 1.82) is 0 Å². The molecule has 0 aromatic rings. The monoisotopic (exact) mass is 373 g/mol. The Labute approximate surface area is 159 Å². The van der Waals surface area contributed by atoms with E-state index in [4.69, 9.17) is 0 Å². The summed E-state index contributed by atoms with van der Waals surface area (Å²) in [5.41, 5.74) is -2.57. The second kappa shape index (κ2) is 4.39. The van der Waals surface area contributed by atoms with E-state index in [1.54, 1.807) is 7.05 Å². The molecule has 27 heavy (non-hydrogen) atoms. The molecule has 1 saturated carbocycles. The highest BCUT2D eigenvalue weighted by Gasteiger charge is 2.81. The van der Waals surface area contributed by atoms with Gasteiger partial charge in [-0.05, 0) is 30.1 Å². The quantitative estimate of drug-likeness (QED) is 0.584. The predicted octanol–water partition coefficient (Wildman–Crippen LogP) is 0.629. The van der Waals surface area contributed by atoms with Gasteiger partial charge in [-0.1, -0.05) is 20.8 Å². The molecule has 0 aromatic carbocycles. The molecule has 146 valence electrons. The molecule has 5 aliphatic heterocycles. The van der Waals surface area contributed by atoms with E-state index in [1.165, 1.54) is 4.90 Å². The summed E-state index contributed by atoms with van der Waals surface area (Å²) in [5, 5.41) is 0. The molecule has 2 bridgehead atoms. The van der Waals surface area contributed by atoms with E-state index in [1.807, 2.05) is 23.8 Å². The van der Waals surface area contributed by atoms with Gasteiger partial charge in [0.1, 0.15) is 5.54 Å². The van der Waals surface area contributed by atoms with Crippen LogP contribution in [-0.2, 0) is 19.2 Å². The lowest BCUT2D eigenvalue weighted by molar-refractivity contribution is -0.192. The van der Waals surface area contributed by atoms with Gasteiger partial charge in [-0.3, -0.25) is 24.1 Å². The van der Waals surface area contributed by atoms with Crippen molar-refractivity contribution in [2.75, 3.05) is 20.6 Å². The number of carbonyl (C=O) groups excluding carboxylic acids is 4. The van der Waals surface area contributed by atoms with E-state index in [2.05, 4.69) is 13.8 Å². The molecular formula is C20H27N3O4. The average molecular weight is 373 g/mol. The smallest absolute Gasteiger partial charge is 0.249 e. The lowest BCUT2D eigenvalue weighted by Crippen LogP contribution is -2.80. The van der Waals surface area contributed by atoms with Crippen molar-refractivity contribution in [3.8, 4) is 0 Å². The van der Waals surface area contributed by atoms with Crippen LogP contribution in [0.25, 0.3) is 0 Å². The number of nitrogens with zero attached hydrogens (tertiary/aromatic N) is 3. The molecule has 0 aromatic heterocycles. The van der Waals surface area contributed by atoms with Crippen LogP contribution in [0.5, 0.6) is 0 Å². The number of likely N-dealkylation sites (N-methyl/N-ethyl adjacent to an activating group) is 1. The van der Waals surface area contributed by atoms with E-state index in [0.717, 1.165) is 0 Å². The van der Waals surface area contributed by atoms with Crippen LogP contribution in [0.15, 0.2) is 0 Å². The molecule has 7 nitrogen and oxygen atoms in total. The molecule has 3 spiro atoms. The maximum absolute atomic E-state index is 13.5. The summed E-state index contributed by atoms with van der Waals surface area (Å²) < 4.78 is 0. The summed E-state index contributed by atoms with van der Waals surface area (Å²) in [6.07, 6.45) is 1.67. The van der Waals surface area contributed by atoms with Gasteiger partial charge >= 0.3 is 0 Å². The highest BCUT2D eigenvalue weighted by atomic mass is 16.2. The molecule has 5 saturated heterocycles. The molecule has 1 aliphatic carbocycles. The Bertz CT molecular complexity index is 837. The van der Waals surface area contributed by atoms with E-state index >= 15 is 0 Å². The molecule has 7 heteroatoms. The van der Waals surface area contributed by atoms with E-state index < -0.39 is 21.9 Å². The molecule has 0 N–H and O–H groups in total. The Balaban J connectivity index is 1.71. The van der Waals surface area contributed by atoms with Crippen LogP contribution >= 0.6 is 0 Å². The van der Waals surface area contributed by atoms with Gasteiger partial charge in [0.05, 0.1) is 11.0 Å². The van der Waals surface area contributed by atoms with Crippen LogP contribution in [0.1, 0.15) is 46.5 Å². The van der Waals surface area contributed by atoms with Crippen molar-refractivity contribution in [2.45, 2.75) is 57.5 Å². The lowest BCUT2D eigenvalue weighted by atomic mass is 9.57. The molecular weight excluding hydrogens is 346 g/mol. The first kappa shape index (κ1) is 17.2. The Morgan fingerprint density at radius 2 is 1.67 bits per heavy atom. The van der Waals surface area contributed by atoms with E-state index in [-0.39, 0.29) is 41.9 Å². The molecule has 5 heterocycles. The third-order valence-corrected chi connectivity index (χ3v) is 9.27. The Kier molecular flexibility index (Phi) is 2.79. The zero-order valence-electron chi connectivity index (χ0n) is 16.7. The van der Waals surface area contributed by atoms with Crippen LogP contribution in [-0.4, -0.2) is 70.0 Å². The molecule has 4 amide bonds. The Morgan fingerprint density at radius 3 is 2.26 bits per heavy atom. The molecule has 6 rings (SSSR count). The second-order valence-corrected chi connectivity index (χ2v) is 10.1. The molecule has 0 radical (unpaired) electrons. The SMILES string of the molecule is C[C@H]1CC(=O)N2C[C@]34C[C@]5(CC(=O)N(C)C5=O)C(C)(C)[C@@H]3C[C@]12C(=O)N4C. The van der Waals surface area contributed by atoms with Gasteiger partial charge in [0.15, 0.2) is 0 Å². The lowest BCUT2D eigenvalue weighted by Gasteiger charge is -2.64. The van der Waals surface area contributed by atoms with Crippen molar-refractivity contribution in [1.82, 2.24) is 14.7 Å². The number of fused-ring (bicyclic) bond motifs is 1. The topological polar surface area (TPSA) is 78.0 Å². The first-order valence-electron chi connectivity index (χ1n) is 9.85. The zero-order chi connectivity index (χ0) is 19.7. The minimum absolute atomic E-state index is 0.0151. The Morgan fingerprint density at radius 1 is 1.00 bits per heavy atom. The van der Waals surface area contributed by atoms with Gasteiger partial charge < -0.3 is 9.80 Å². The van der Waals surface area contributed by atoms with Crippen LogP contribution in [0, 0.1) is 22.7 Å². The predicted molar refractivity (Wildman–Crippen MR) is 95.1 cm³/mol. The van der Waals surface area contributed by atoms with Crippen molar-refractivity contribution in [3.63, 3.8) is 0 Å². The van der Waals surface area contributed by atoms with Crippen LogP contribution in [0.4, 0.5) is 0 Å². The highest BCUT2D eigenvalue weighted by molar-refractivity contribution is 6.07. The number of hydrogen-bond acceptors (Lipinski definition) is 4. The van der Waals surface area contributed by atoms with Crippen LogP contribution < -0.4 is 0 Å². The first-order valence-corrected chi connectivity index (χ1v) is 9.85. The van der Waals surface area contributed by atoms with Gasteiger partial charge in [0.2, 0.25) is 23.6 Å². The fraction of sp³-hybridized carbons (Fsp3) is 0.800. The summed E-state index contributed by atoms with van der Waals surface area (Å²) in [5.74, 6) is -0.153. The van der Waals surface area contributed by atoms with Crippen LogP contribution in [0.3, 0.4) is 0 Å². The number of amides is 4. The van der Waals surface area contributed by atoms with Gasteiger partial charge in [-0.25, -0.2) is 0 Å². The largest absolute Gasteiger partial charge is 0.336 e. The third kappa shape index (κ3) is 1.45. The number of piperazine rings is 1. The van der Waals surface area contributed by atoms with Crippen molar-refractivity contribution < 1.29 is 19.2 Å². The van der Waals surface area contributed by atoms with Crippen LogP contribution in [0.2, 0.25) is 0 Å². The standard InChI is InChI=1S/C20H27N3O4/c1-11-6-13(24)23-10-19-9-18(8-14(25)21(4)15(18)26)17(2,3)12(19)7-20(11,23)16(27)22(19)5/h11-12H,6-10H2,1-5H3/t11-,12-,18-,19+,20+/m0/s1. The minimum Gasteiger partial charge on any atom is -0.336 e. The van der Waals surface area contributed by atoms with Crippen molar-refractivity contribution in [2.24, 2.45) is 22.7 Å². The number of likely N-dealkylation sites (tertiary alicyclic amines) is 1. The molecule has 0 unspecified atom stereocenters. The fourth-order valence-corrected chi connectivity index (χ4v) is 7.54. The molecule has 6 fully saturated rings. The molecule has 6 aliphatic rings. The number of rotatable bonds is 0. The van der Waals surface area contributed by atoms with Gasteiger partial charge in [-0.15, -0.1) is 0 Å². The number of hydrogen-bond donors (Lipinski definition) is 0. The van der Waals surface area contributed by atoms with Gasteiger partial charge in [0.25, 0.3) is 0 Å². The zero-order valence-corrected chi connectivity index (χ0v) is 16.7. The maximum Gasteiger partial charge on any atom is 0.249 e. The van der Waals surface area contributed by atoms with Crippen molar-refractivity contribution in [3.05, 3.63) is 0 Å². The summed E-state index contributed by atoms with van der Waals surface area (Å²) >= 11 is 0. The van der Waals surface area contributed by atoms with Crippen molar-refractivity contribution >= 4 is 23.6 Å². The van der Waals surface area contributed by atoms with E-state index in [0.29, 0.717) is 25.8 Å².